The first kappa shape index (κ1) is 12.3. The highest BCUT2D eigenvalue weighted by atomic mass is 19.1. The van der Waals surface area contributed by atoms with Crippen LogP contribution in [0.2, 0.25) is 0 Å². The van der Waals surface area contributed by atoms with E-state index < -0.39 is 4.92 Å². The van der Waals surface area contributed by atoms with Gasteiger partial charge >= 0.3 is 0 Å². The van der Waals surface area contributed by atoms with E-state index in [0.29, 0.717) is 27.7 Å². The number of fused-ring (bicyclic) bond motifs is 1. The predicted molar refractivity (Wildman–Crippen MR) is 75.1 cm³/mol. The normalized spacial score (nSPS) is 10.9. The molecule has 5 heteroatoms. The molecule has 0 aliphatic carbocycles. The van der Waals surface area contributed by atoms with Crippen molar-refractivity contribution in [3.05, 3.63) is 64.0 Å². The molecule has 0 aliphatic heterocycles. The van der Waals surface area contributed by atoms with Crippen LogP contribution in [-0.4, -0.2) is 9.91 Å². The Kier molecular flexibility index (Phi) is 2.75. The Bertz CT molecular complexity index is 824. The summed E-state index contributed by atoms with van der Waals surface area (Å²) in [5.41, 5.74) is 2.12. The highest BCUT2D eigenvalue weighted by Crippen LogP contribution is 2.31. The maximum absolute atomic E-state index is 14.1. The third-order valence-corrected chi connectivity index (χ3v) is 3.32. The van der Waals surface area contributed by atoms with E-state index in [0.717, 1.165) is 0 Å². The first-order valence-corrected chi connectivity index (χ1v) is 6.09. The van der Waals surface area contributed by atoms with Gasteiger partial charge < -0.3 is 4.98 Å². The molecule has 0 unspecified atom stereocenters. The second kappa shape index (κ2) is 4.45. The van der Waals surface area contributed by atoms with Crippen LogP contribution in [0.1, 0.15) is 5.56 Å². The minimum Gasteiger partial charge on any atom is -0.354 e. The first-order valence-electron chi connectivity index (χ1n) is 6.09. The monoisotopic (exact) mass is 270 g/mol. The van der Waals surface area contributed by atoms with Crippen molar-refractivity contribution in [2.75, 3.05) is 0 Å². The van der Waals surface area contributed by atoms with Gasteiger partial charge in [-0.3, -0.25) is 10.1 Å². The van der Waals surface area contributed by atoms with Gasteiger partial charge in [-0.25, -0.2) is 4.39 Å². The molecule has 4 nitrogen and oxygen atoms in total. The van der Waals surface area contributed by atoms with Gasteiger partial charge in [0.15, 0.2) is 0 Å². The van der Waals surface area contributed by atoms with Crippen molar-refractivity contribution in [3.63, 3.8) is 0 Å². The summed E-state index contributed by atoms with van der Waals surface area (Å²) in [5.74, 6) is -0.318. The third-order valence-electron chi connectivity index (χ3n) is 3.32. The second-order valence-electron chi connectivity index (χ2n) is 4.61. The summed E-state index contributed by atoms with van der Waals surface area (Å²) in [7, 11) is 0. The van der Waals surface area contributed by atoms with Gasteiger partial charge in [0.25, 0.3) is 5.69 Å². The molecule has 3 rings (SSSR count). The van der Waals surface area contributed by atoms with Crippen LogP contribution in [0.5, 0.6) is 0 Å². The fourth-order valence-electron chi connectivity index (χ4n) is 2.30. The lowest BCUT2D eigenvalue weighted by Crippen LogP contribution is -1.87. The Balaban J connectivity index is 2.26. The van der Waals surface area contributed by atoms with Crippen LogP contribution in [0, 0.1) is 22.9 Å². The molecule has 0 bridgehead atoms. The van der Waals surface area contributed by atoms with E-state index in [1.54, 1.807) is 43.3 Å². The van der Waals surface area contributed by atoms with E-state index in [2.05, 4.69) is 4.98 Å². The molecule has 0 atom stereocenters. The molecule has 0 aliphatic rings. The van der Waals surface area contributed by atoms with Crippen molar-refractivity contribution in [1.82, 2.24) is 4.98 Å². The Hall–Kier alpha value is -2.69. The average molecular weight is 270 g/mol. The van der Waals surface area contributed by atoms with Gasteiger partial charge in [0.2, 0.25) is 0 Å². The van der Waals surface area contributed by atoms with Crippen LogP contribution in [-0.2, 0) is 0 Å². The van der Waals surface area contributed by atoms with Crippen molar-refractivity contribution in [2.24, 2.45) is 0 Å². The Morgan fingerprint density at radius 3 is 2.70 bits per heavy atom. The molecule has 0 radical (unpaired) electrons. The van der Waals surface area contributed by atoms with Crippen LogP contribution in [0.4, 0.5) is 10.1 Å². The number of halogens is 1. The summed E-state index contributed by atoms with van der Waals surface area (Å²) < 4.78 is 14.1. The summed E-state index contributed by atoms with van der Waals surface area (Å²) in [6, 6.07) is 11.5. The number of hydrogen-bond acceptors (Lipinski definition) is 2. The number of aromatic nitrogens is 1. The minimum atomic E-state index is -0.438. The molecule has 100 valence electrons. The highest BCUT2D eigenvalue weighted by Gasteiger charge is 2.16. The maximum Gasteiger partial charge on any atom is 0.278 e. The number of nitro benzene ring substituents is 1. The quantitative estimate of drug-likeness (QED) is 0.560. The number of benzene rings is 2. The van der Waals surface area contributed by atoms with Gasteiger partial charge in [0, 0.05) is 17.3 Å². The van der Waals surface area contributed by atoms with Gasteiger partial charge in [0.1, 0.15) is 5.82 Å². The molecule has 0 spiro atoms. The van der Waals surface area contributed by atoms with Crippen LogP contribution in [0.25, 0.3) is 22.2 Å². The van der Waals surface area contributed by atoms with E-state index in [-0.39, 0.29) is 11.5 Å². The van der Waals surface area contributed by atoms with Crippen LogP contribution in [0.15, 0.2) is 42.5 Å². The van der Waals surface area contributed by atoms with Crippen molar-refractivity contribution in [1.29, 1.82) is 0 Å². The fourth-order valence-corrected chi connectivity index (χ4v) is 2.30. The predicted octanol–water partition coefficient (Wildman–Crippen LogP) is 4.19. The first-order chi connectivity index (χ1) is 9.58. The molecule has 20 heavy (non-hydrogen) atoms. The van der Waals surface area contributed by atoms with E-state index in [1.165, 1.54) is 6.07 Å². The number of nitro groups is 1. The number of aryl methyl sites for hydroxylation is 1. The lowest BCUT2D eigenvalue weighted by molar-refractivity contribution is -0.383. The highest BCUT2D eigenvalue weighted by molar-refractivity contribution is 5.93. The summed E-state index contributed by atoms with van der Waals surface area (Å²) in [6.45, 7) is 1.68. The van der Waals surface area contributed by atoms with Gasteiger partial charge in [0.05, 0.1) is 15.8 Å². The lowest BCUT2D eigenvalue weighted by atomic mass is 10.1. The Morgan fingerprint density at radius 1 is 1.20 bits per heavy atom. The van der Waals surface area contributed by atoms with Crippen molar-refractivity contribution in [2.45, 2.75) is 6.92 Å². The van der Waals surface area contributed by atoms with Gasteiger partial charge in [-0.15, -0.1) is 0 Å². The zero-order valence-electron chi connectivity index (χ0n) is 10.7. The van der Waals surface area contributed by atoms with Crippen LogP contribution >= 0.6 is 0 Å². The van der Waals surface area contributed by atoms with E-state index >= 15 is 0 Å². The SMILES string of the molecule is Cc1cccc(-c2cc3c([N+](=O)[O-])cccc3[nH]2)c1F. The number of nitrogens with zero attached hydrogens (tertiary/aromatic N) is 1. The summed E-state index contributed by atoms with van der Waals surface area (Å²) in [5, 5.41) is 11.5. The van der Waals surface area contributed by atoms with E-state index in [9.17, 15) is 14.5 Å². The molecule has 1 N–H and O–H groups in total. The fraction of sp³-hybridized carbons (Fsp3) is 0.0667. The second-order valence-corrected chi connectivity index (χ2v) is 4.61. The summed E-state index contributed by atoms with van der Waals surface area (Å²) >= 11 is 0. The maximum atomic E-state index is 14.1. The topological polar surface area (TPSA) is 58.9 Å². The summed E-state index contributed by atoms with van der Waals surface area (Å²) in [6.07, 6.45) is 0. The molecule has 1 heterocycles. The number of H-pyrrole nitrogens is 1. The number of hydrogen-bond donors (Lipinski definition) is 1. The molecular formula is C15H11FN2O2. The Morgan fingerprint density at radius 2 is 1.95 bits per heavy atom. The zero-order chi connectivity index (χ0) is 14.3. The molecule has 0 saturated carbocycles. The molecule has 0 saturated heterocycles. The third kappa shape index (κ3) is 1.84. The summed E-state index contributed by atoms with van der Waals surface area (Å²) in [4.78, 5) is 13.6. The van der Waals surface area contributed by atoms with E-state index in [4.69, 9.17) is 0 Å². The number of non-ortho nitro benzene ring substituents is 1. The molecule has 1 aromatic heterocycles. The molecule has 0 fully saturated rings. The van der Waals surface area contributed by atoms with Gasteiger partial charge in [-0.1, -0.05) is 18.2 Å². The van der Waals surface area contributed by atoms with Crippen molar-refractivity contribution >= 4 is 16.6 Å². The lowest BCUT2D eigenvalue weighted by Gasteiger charge is -2.02. The van der Waals surface area contributed by atoms with Crippen LogP contribution in [0.3, 0.4) is 0 Å². The Labute approximate surface area is 114 Å². The smallest absolute Gasteiger partial charge is 0.278 e. The van der Waals surface area contributed by atoms with Gasteiger partial charge in [-0.2, -0.15) is 0 Å². The largest absolute Gasteiger partial charge is 0.354 e. The molecule has 0 amide bonds. The van der Waals surface area contributed by atoms with Crippen molar-refractivity contribution < 1.29 is 9.31 Å². The van der Waals surface area contributed by atoms with Crippen LogP contribution < -0.4 is 0 Å². The number of rotatable bonds is 2. The number of nitrogens with one attached hydrogen (secondary N) is 1. The molecular weight excluding hydrogens is 259 g/mol. The van der Waals surface area contributed by atoms with Gasteiger partial charge in [-0.05, 0) is 30.7 Å². The number of aromatic amines is 1. The standard InChI is InChI=1S/C15H11FN2O2/c1-9-4-2-5-10(15(9)16)13-8-11-12(17-13)6-3-7-14(11)18(19)20/h2-8,17H,1H3. The van der Waals surface area contributed by atoms with E-state index in [1.807, 2.05) is 0 Å². The minimum absolute atomic E-state index is 0.0121. The molecule has 2 aromatic carbocycles. The molecule has 3 aromatic rings. The average Bonchev–Trinajstić information content (AvgIpc) is 2.84. The van der Waals surface area contributed by atoms with Crippen molar-refractivity contribution in [3.8, 4) is 11.3 Å². The zero-order valence-corrected chi connectivity index (χ0v) is 10.7.